The number of benzene rings is 2. The Morgan fingerprint density at radius 3 is 2.83 bits per heavy atom. The Labute approximate surface area is 144 Å². The molecule has 0 aliphatic carbocycles. The summed E-state index contributed by atoms with van der Waals surface area (Å²) in [6.07, 6.45) is 1.64. The van der Waals surface area contributed by atoms with Crippen molar-refractivity contribution in [3.05, 3.63) is 58.6 Å². The van der Waals surface area contributed by atoms with Gasteiger partial charge in [0.1, 0.15) is 11.6 Å². The smallest absolute Gasteiger partial charge is 0.243 e. The highest BCUT2D eigenvalue weighted by atomic mass is 35.5. The van der Waals surface area contributed by atoms with Crippen molar-refractivity contribution in [1.82, 2.24) is 0 Å². The van der Waals surface area contributed by atoms with Crippen molar-refractivity contribution in [3.63, 3.8) is 0 Å². The largest absolute Gasteiger partial charge is 0.359 e. The van der Waals surface area contributed by atoms with E-state index in [4.69, 9.17) is 11.6 Å². The van der Waals surface area contributed by atoms with Crippen LogP contribution in [0.1, 0.15) is 18.9 Å². The third-order valence-corrected chi connectivity index (χ3v) is 4.52. The molecule has 2 aromatic rings. The zero-order valence-corrected chi connectivity index (χ0v) is 13.9. The van der Waals surface area contributed by atoms with E-state index in [-0.39, 0.29) is 29.3 Å². The molecule has 3 rings (SSSR count). The number of aryl methyl sites for hydroxylation is 1. The molecule has 0 radical (unpaired) electrons. The molecule has 6 heteroatoms. The number of hydrogen-bond donors (Lipinski definition) is 1. The second kappa shape index (κ2) is 6.77. The topological polar surface area (TPSA) is 32.3 Å². The van der Waals surface area contributed by atoms with Crippen LogP contribution >= 0.6 is 11.6 Å². The van der Waals surface area contributed by atoms with Crippen LogP contribution < -0.4 is 10.2 Å². The third kappa shape index (κ3) is 3.51. The number of carbonyl (C=O) groups excluding carboxylic acids is 1. The van der Waals surface area contributed by atoms with Gasteiger partial charge in [-0.3, -0.25) is 4.79 Å². The molecule has 126 valence electrons. The molecule has 0 fully saturated rings. The van der Waals surface area contributed by atoms with Crippen molar-refractivity contribution < 1.29 is 13.6 Å². The molecule has 0 spiro atoms. The van der Waals surface area contributed by atoms with Crippen LogP contribution in [0.4, 0.5) is 20.2 Å². The first kappa shape index (κ1) is 16.7. The van der Waals surface area contributed by atoms with E-state index in [1.165, 1.54) is 30.3 Å². The number of anilines is 2. The van der Waals surface area contributed by atoms with Gasteiger partial charge in [0.2, 0.25) is 5.91 Å². The summed E-state index contributed by atoms with van der Waals surface area (Å²) < 4.78 is 26.6. The number of nitrogens with one attached hydrogen (secondary N) is 1. The highest BCUT2D eigenvalue weighted by Crippen LogP contribution is 2.31. The molecular formula is C18H17ClF2N2O. The van der Waals surface area contributed by atoms with E-state index in [1.807, 2.05) is 11.8 Å². The van der Waals surface area contributed by atoms with Gasteiger partial charge in [0.25, 0.3) is 0 Å². The number of carbonyl (C=O) groups is 1. The van der Waals surface area contributed by atoms with Crippen LogP contribution in [-0.2, 0) is 11.2 Å². The Hall–Kier alpha value is -2.14. The van der Waals surface area contributed by atoms with E-state index >= 15 is 0 Å². The van der Waals surface area contributed by atoms with E-state index in [9.17, 15) is 13.6 Å². The maximum absolute atomic E-state index is 13.4. The second-order valence-electron chi connectivity index (χ2n) is 5.97. The molecule has 1 aliphatic rings. The fourth-order valence-corrected chi connectivity index (χ4v) is 3.14. The van der Waals surface area contributed by atoms with Gasteiger partial charge in [-0.15, -0.1) is 0 Å². The highest BCUT2D eigenvalue weighted by Gasteiger charge is 2.25. The number of amides is 1. The number of hydrogen-bond acceptors (Lipinski definition) is 2. The molecule has 1 amide bonds. The summed E-state index contributed by atoms with van der Waals surface area (Å²) in [7, 11) is 0. The van der Waals surface area contributed by atoms with Crippen molar-refractivity contribution in [2.45, 2.75) is 25.8 Å². The lowest BCUT2D eigenvalue weighted by Gasteiger charge is -2.36. The molecule has 3 nitrogen and oxygen atoms in total. The molecule has 1 heterocycles. The van der Waals surface area contributed by atoms with Crippen molar-refractivity contribution in [1.29, 1.82) is 0 Å². The van der Waals surface area contributed by atoms with Gasteiger partial charge in [-0.2, -0.15) is 0 Å². The maximum atomic E-state index is 13.4. The Kier molecular flexibility index (Phi) is 4.71. The van der Waals surface area contributed by atoms with Crippen LogP contribution in [0.2, 0.25) is 5.02 Å². The monoisotopic (exact) mass is 350 g/mol. The lowest BCUT2D eigenvalue weighted by Crippen LogP contribution is -2.42. The molecule has 1 atom stereocenters. The molecular weight excluding hydrogens is 334 g/mol. The predicted molar refractivity (Wildman–Crippen MR) is 91.6 cm³/mol. The zero-order chi connectivity index (χ0) is 17.3. The Balaban J connectivity index is 1.75. The van der Waals surface area contributed by atoms with Gasteiger partial charge in [-0.1, -0.05) is 11.6 Å². The molecule has 0 aromatic heterocycles. The average Bonchev–Trinajstić information content (AvgIpc) is 2.53. The van der Waals surface area contributed by atoms with Gasteiger partial charge in [-0.05, 0) is 61.7 Å². The SMILES string of the molecule is CC1CCc2cc(F)ccc2N1CC(=O)Nc1ccc(F)c(Cl)c1. The number of fused-ring (bicyclic) bond motifs is 1. The van der Waals surface area contributed by atoms with Gasteiger partial charge in [0, 0.05) is 17.4 Å². The van der Waals surface area contributed by atoms with E-state index in [0.29, 0.717) is 5.69 Å². The fraction of sp³-hybridized carbons (Fsp3) is 0.278. The molecule has 1 aliphatic heterocycles. The number of halogens is 3. The van der Waals surface area contributed by atoms with Crippen molar-refractivity contribution in [2.75, 3.05) is 16.8 Å². The normalized spacial score (nSPS) is 16.7. The zero-order valence-electron chi connectivity index (χ0n) is 13.2. The Morgan fingerprint density at radius 1 is 1.29 bits per heavy atom. The Morgan fingerprint density at radius 2 is 2.08 bits per heavy atom. The standard InChI is InChI=1S/C18H17ClF2N2O/c1-11-2-3-12-8-13(20)4-7-17(12)23(11)10-18(24)22-14-5-6-16(21)15(19)9-14/h4-9,11H,2-3,10H2,1H3,(H,22,24). The van der Waals surface area contributed by atoms with E-state index in [0.717, 1.165) is 24.1 Å². The van der Waals surface area contributed by atoms with Crippen molar-refractivity contribution in [2.24, 2.45) is 0 Å². The highest BCUT2D eigenvalue weighted by molar-refractivity contribution is 6.31. The summed E-state index contributed by atoms with van der Waals surface area (Å²) in [6.45, 7) is 2.17. The van der Waals surface area contributed by atoms with E-state index in [1.54, 1.807) is 6.07 Å². The number of nitrogens with zero attached hydrogens (tertiary/aromatic N) is 1. The van der Waals surface area contributed by atoms with Crippen molar-refractivity contribution >= 4 is 28.9 Å². The summed E-state index contributed by atoms with van der Waals surface area (Å²) in [6, 6.07) is 8.85. The van der Waals surface area contributed by atoms with Gasteiger partial charge in [0.05, 0.1) is 11.6 Å². The molecule has 2 aromatic carbocycles. The van der Waals surface area contributed by atoms with Crippen LogP contribution in [0.5, 0.6) is 0 Å². The van der Waals surface area contributed by atoms with Gasteiger partial charge in [-0.25, -0.2) is 8.78 Å². The number of rotatable bonds is 3. The quantitative estimate of drug-likeness (QED) is 0.890. The summed E-state index contributed by atoms with van der Waals surface area (Å²) in [4.78, 5) is 14.3. The minimum Gasteiger partial charge on any atom is -0.359 e. The first-order valence-corrected chi connectivity index (χ1v) is 8.12. The van der Waals surface area contributed by atoms with Crippen LogP contribution in [0, 0.1) is 11.6 Å². The minimum absolute atomic E-state index is 0.0417. The van der Waals surface area contributed by atoms with Crippen molar-refractivity contribution in [3.8, 4) is 0 Å². The molecule has 1 unspecified atom stereocenters. The van der Waals surface area contributed by atoms with E-state index < -0.39 is 5.82 Å². The van der Waals surface area contributed by atoms with Gasteiger partial charge in [0.15, 0.2) is 0 Å². The van der Waals surface area contributed by atoms with Crippen LogP contribution in [0.25, 0.3) is 0 Å². The lowest BCUT2D eigenvalue weighted by atomic mass is 9.96. The van der Waals surface area contributed by atoms with Crippen LogP contribution in [-0.4, -0.2) is 18.5 Å². The van der Waals surface area contributed by atoms with Gasteiger partial charge >= 0.3 is 0 Å². The van der Waals surface area contributed by atoms with E-state index in [2.05, 4.69) is 5.32 Å². The van der Waals surface area contributed by atoms with Gasteiger partial charge < -0.3 is 10.2 Å². The first-order valence-electron chi connectivity index (χ1n) is 7.74. The average molecular weight is 351 g/mol. The molecule has 0 saturated carbocycles. The van der Waals surface area contributed by atoms with Crippen LogP contribution in [0.15, 0.2) is 36.4 Å². The lowest BCUT2D eigenvalue weighted by molar-refractivity contribution is -0.115. The summed E-state index contributed by atoms with van der Waals surface area (Å²) >= 11 is 5.72. The van der Waals surface area contributed by atoms with Crippen LogP contribution in [0.3, 0.4) is 0 Å². The molecule has 1 N–H and O–H groups in total. The summed E-state index contributed by atoms with van der Waals surface area (Å²) in [5.74, 6) is -1.04. The Bertz CT molecular complexity index is 782. The fourth-order valence-electron chi connectivity index (χ4n) is 2.96. The minimum atomic E-state index is -0.532. The summed E-state index contributed by atoms with van der Waals surface area (Å²) in [5.41, 5.74) is 2.23. The molecule has 0 saturated heterocycles. The molecule has 24 heavy (non-hydrogen) atoms. The maximum Gasteiger partial charge on any atom is 0.243 e. The first-order chi connectivity index (χ1) is 11.4. The molecule has 0 bridgehead atoms. The summed E-state index contributed by atoms with van der Waals surface area (Å²) in [5, 5.41) is 2.67. The second-order valence-corrected chi connectivity index (χ2v) is 6.37. The predicted octanol–water partition coefficient (Wildman–Crippen LogP) is 4.40. The third-order valence-electron chi connectivity index (χ3n) is 4.23.